The van der Waals surface area contributed by atoms with Gasteiger partial charge in [0.15, 0.2) is 0 Å². The molecule has 4 nitrogen and oxygen atoms in total. The molecule has 16 heavy (non-hydrogen) atoms. The van der Waals surface area contributed by atoms with Crippen molar-refractivity contribution >= 4 is 0 Å². The van der Waals surface area contributed by atoms with E-state index in [0.717, 1.165) is 37.6 Å². The number of rotatable bonds is 6. The predicted molar refractivity (Wildman–Crippen MR) is 66.4 cm³/mol. The van der Waals surface area contributed by atoms with Crippen molar-refractivity contribution < 1.29 is 0 Å². The summed E-state index contributed by atoms with van der Waals surface area (Å²) < 4.78 is 0. The molecule has 0 unspecified atom stereocenters. The molecule has 90 valence electrons. The first-order valence-corrected chi connectivity index (χ1v) is 5.82. The summed E-state index contributed by atoms with van der Waals surface area (Å²) in [6.07, 6.45) is 0. The number of hydrogen-bond acceptors (Lipinski definition) is 4. The van der Waals surface area contributed by atoms with E-state index in [1.165, 1.54) is 5.56 Å². The lowest BCUT2D eigenvalue weighted by Crippen LogP contribution is -2.29. The van der Waals surface area contributed by atoms with E-state index in [0.29, 0.717) is 0 Å². The zero-order valence-electron chi connectivity index (χ0n) is 10.7. The minimum Gasteiger partial charge on any atom is -0.316 e. The smallest absolute Gasteiger partial charge is 0.0645 e. The molecule has 4 heteroatoms. The molecular formula is C12H22N4. The Bertz CT molecular complexity index is 325. The van der Waals surface area contributed by atoms with E-state index in [1.54, 1.807) is 0 Å². The third-order valence-corrected chi connectivity index (χ3v) is 2.57. The van der Waals surface area contributed by atoms with E-state index in [4.69, 9.17) is 0 Å². The molecule has 0 aliphatic rings. The zero-order chi connectivity index (χ0) is 12.0. The van der Waals surface area contributed by atoms with E-state index >= 15 is 0 Å². The first-order valence-electron chi connectivity index (χ1n) is 5.82. The highest BCUT2D eigenvalue weighted by Gasteiger charge is 2.04. The summed E-state index contributed by atoms with van der Waals surface area (Å²) in [6.45, 7) is 10.2. The van der Waals surface area contributed by atoms with Gasteiger partial charge in [0, 0.05) is 19.6 Å². The molecule has 0 bridgehead atoms. The molecule has 0 fully saturated rings. The quantitative estimate of drug-likeness (QED) is 0.733. The normalized spacial score (nSPS) is 11.1. The Morgan fingerprint density at radius 1 is 1.31 bits per heavy atom. The molecule has 1 aromatic heterocycles. The largest absolute Gasteiger partial charge is 0.316 e. The third kappa shape index (κ3) is 4.24. The van der Waals surface area contributed by atoms with Crippen molar-refractivity contribution in [3.8, 4) is 0 Å². The van der Waals surface area contributed by atoms with Gasteiger partial charge in [-0.15, -0.1) is 0 Å². The van der Waals surface area contributed by atoms with Crippen molar-refractivity contribution in [1.82, 2.24) is 20.4 Å². The molecule has 0 saturated heterocycles. The van der Waals surface area contributed by atoms with Crippen LogP contribution in [0, 0.1) is 13.8 Å². The van der Waals surface area contributed by atoms with E-state index in [1.807, 2.05) is 13.8 Å². The standard InChI is InChI=1S/C12H22N4/c1-5-13-6-7-16(4)9-12-8-10(2)14-15-11(12)3/h8,13H,5-7,9H2,1-4H3. The van der Waals surface area contributed by atoms with Crippen molar-refractivity contribution in [2.24, 2.45) is 0 Å². The number of nitrogens with one attached hydrogen (secondary N) is 1. The van der Waals surface area contributed by atoms with Crippen molar-refractivity contribution in [2.45, 2.75) is 27.3 Å². The van der Waals surface area contributed by atoms with Crippen molar-refractivity contribution in [3.63, 3.8) is 0 Å². The molecule has 1 N–H and O–H groups in total. The number of hydrogen-bond donors (Lipinski definition) is 1. The zero-order valence-corrected chi connectivity index (χ0v) is 10.7. The van der Waals surface area contributed by atoms with Crippen LogP contribution in [0.3, 0.4) is 0 Å². The summed E-state index contributed by atoms with van der Waals surface area (Å²) in [5.74, 6) is 0. The average molecular weight is 222 g/mol. The predicted octanol–water partition coefficient (Wildman–Crippen LogP) is 1.13. The topological polar surface area (TPSA) is 41.0 Å². The maximum Gasteiger partial charge on any atom is 0.0645 e. The van der Waals surface area contributed by atoms with E-state index in [9.17, 15) is 0 Å². The van der Waals surface area contributed by atoms with Gasteiger partial charge < -0.3 is 10.2 Å². The molecule has 1 rings (SSSR count). The van der Waals surface area contributed by atoms with Gasteiger partial charge in [0.2, 0.25) is 0 Å². The maximum absolute atomic E-state index is 4.14. The van der Waals surface area contributed by atoms with Gasteiger partial charge in [0.1, 0.15) is 0 Å². The third-order valence-electron chi connectivity index (χ3n) is 2.57. The van der Waals surface area contributed by atoms with Crippen LogP contribution < -0.4 is 5.32 Å². The summed E-state index contributed by atoms with van der Waals surface area (Å²) in [6, 6.07) is 2.12. The number of aromatic nitrogens is 2. The Hall–Kier alpha value is -1.00. The highest BCUT2D eigenvalue weighted by Crippen LogP contribution is 2.07. The fourth-order valence-corrected chi connectivity index (χ4v) is 1.58. The van der Waals surface area contributed by atoms with Crippen LogP contribution in [-0.4, -0.2) is 41.8 Å². The van der Waals surface area contributed by atoms with Crippen LogP contribution in [0.15, 0.2) is 6.07 Å². The summed E-state index contributed by atoms with van der Waals surface area (Å²) >= 11 is 0. The second-order valence-corrected chi connectivity index (χ2v) is 4.19. The minimum atomic E-state index is 0.938. The summed E-state index contributed by atoms with van der Waals surface area (Å²) in [5, 5.41) is 11.5. The van der Waals surface area contributed by atoms with Crippen molar-refractivity contribution in [3.05, 3.63) is 23.0 Å². The van der Waals surface area contributed by atoms with Crippen LogP contribution in [0.25, 0.3) is 0 Å². The minimum absolute atomic E-state index is 0.938. The van der Waals surface area contributed by atoms with Crippen LogP contribution in [0.5, 0.6) is 0 Å². The number of nitrogens with zero attached hydrogens (tertiary/aromatic N) is 3. The van der Waals surface area contributed by atoms with Crippen molar-refractivity contribution in [2.75, 3.05) is 26.7 Å². The first kappa shape index (κ1) is 13.1. The fourth-order valence-electron chi connectivity index (χ4n) is 1.58. The second kappa shape index (κ2) is 6.55. The van der Waals surface area contributed by atoms with Gasteiger partial charge in [-0.25, -0.2) is 0 Å². The molecule has 1 heterocycles. The molecular weight excluding hydrogens is 200 g/mol. The first-order chi connectivity index (χ1) is 7.63. The monoisotopic (exact) mass is 222 g/mol. The second-order valence-electron chi connectivity index (χ2n) is 4.19. The average Bonchev–Trinajstić information content (AvgIpc) is 2.24. The summed E-state index contributed by atoms with van der Waals surface area (Å²) in [5.41, 5.74) is 3.29. The SMILES string of the molecule is CCNCCN(C)Cc1cc(C)nnc1C. The Balaban J connectivity index is 2.48. The molecule has 0 spiro atoms. The molecule has 0 aromatic carbocycles. The van der Waals surface area contributed by atoms with Crippen LogP contribution in [0.4, 0.5) is 0 Å². The lowest BCUT2D eigenvalue weighted by molar-refractivity contribution is 0.324. The number of likely N-dealkylation sites (N-methyl/N-ethyl adjacent to an activating group) is 2. The van der Waals surface area contributed by atoms with Gasteiger partial charge >= 0.3 is 0 Å². The lowest BCUT2D eigenvalue weighted by atomic mass is 10.2. The van der Waals surface area contributed by atoms with Gasteiger partial charge in [-0.2, -0.15) is 10.2 Å². The van der Waals surface area contributed by atoms with Crippen LogP contribution in [-0.2, 0) is 6.54 Å². The molecule has 1 aromatic rings. The molecule has 0 aliphatic carbocycles. The van der Waals surface area contributed by atoms with E-state index < -0.39 is 0 Å². The van der Waals surface area contributed by atoms with Crippen LogP contribution in [0.1, 0.15) is 23.9 Å². The lowest BCUT2D eigenvalue weighted by Gasteiger charge is -2.17. The fraction of sp³-hybridized carbons (Fsp3) is 0.667. The van der Waals surface area contributed by atoms with Gasteiger partial charge in [0.05, 0.1) is 11.4 Å². The molecule has 0 radical (unpaired) electrons. The highest BCUT2D eigenvalue weighted by molar-refractivity contribution is 5.19. The Kier molecular flexibility index (Phi) is 5.35. The Labute approximate surface area is 98.1 Å². The van der Waals surface area contributed by atoms with Gasteiger partial charge in [0.25, 0.3) is 0 Å². The van der Waals surface area contributed by atoms with E-state index in [2.05, 4.69) is 40.5 Å². The highest BCUT2D eigenvalue weighted by atomic mass is 15.1. The Morgan fingerprint density at radius 2 is 2.06 bits per heavy atom. The summed E-state index contributed by atoms with van der Waals surface area (Å²) in [7, 11) is 2.13. The molecule has 0 aliphatic heterocycles. The van der Waals surface area contributed by atoms with E-state index in [-0.39, 0.29) is 0 Å². The van der Waals surface area contributed by atoms with Crippen LogP contribution in [0.2, 0.25) is 0 Å². The molecule has 0 atom stereocenters. The van der Waals surface area contributed by atoms with Gasteiger partial charge in [-0.05, 0) is 39.1 Å². The van der Waals surface area contributed by atoms with Crippen molar-refractivity contribution in [1.29, 1.82) is 0 Å². The molecule has 0 saturated carbocycles. The van der Waals surface area contributed by atoms with Crippen LogP contribution >= 0.6 is 0 Å². The molecule has 0 amide bonds. The number of aryl methyl sites for hydroxylation is 2. The summed E-state index contributed by atoms with van der Waals surface area (Å²) in [4.78, 5) is 2.30. The maximum atomic E-state index is 4.14. The Morgan fingerprint density at radius 3 is 2.75 bits per heavy atom. The van der Waals surface area contributed by atoms with Gasteiger partial charge in [-0.3, -0.25) is 0 Å². The van der Waals surface area contributed by atoms with Gasteiger partial charge in [-0.1, -0.05) is 6.92 Å².